The molecule has 1 aromatic heterocycles. The molecule has 0 bridgehead atoms. The minimum absolute atomic E-state index is 0.502. The zero-order chi connectivity index (χ0) is 10.2. The van der Waals surface area contributed by atoms with Gasteiger partial charge in [0.15, 0.2) is 0 Å². The second kappa shape index (κ2) is 3.65. The molecule has 0 saturated carbocycles. The maximum absolute atomic E-state index is 10.2. The van der Waals surface area contributed by atoms with Crippen molar-refractivity contribution in [3.05, 3.63) is 21.4 Å². The first-order valence-electron chi connectivity index (χ1n) is 5.08. The average molecular weight is 211 g/mol. The number of β-amino-alcohol motifs (C(OH)–C–C–N with tert-alkyl or cyclic N) is 1. The predicted molar refractivity (Wildman–Crippen MR) is 59.9 cm³/mol. The molecule has 1 aliphatic heterocycles. The molecular formula is C11H17NOS. The Morgan fingerprint density at radius 3 is 2.86 bits per heavy atom. The van der Waals surface area contributed by atoms with Gasteiger partial charge in [-0.15, -0.1) is 11.3 Å². The fourth-order valence-electron chi connectivity index (χ4n) is 2.09. The van der Waals surface area contributed by atoms with Crippen molar-refractivity contribution in [3.63, 3.8) is 0 Å². The molecule has 2 N–H and O–H groups in total. The molecule has 1 atom stereocenters. The fourth-order valence-corrected chi connectivity index (χ4v) is 3.04. The molecule has 0 amide bonds. The van der Waals surface area contributed by atoms with E-state index in [1.807, 2.05) is 11.3 Å². The van der Waals surface area contributed by atoms with Crippen molar-refractivity contribution < 1.29 is 5.11 Å². The van der Waals surface area contributed by atoms with Crippen LogP contribution in [-0.2, 0) is 6.42 Å². The van der Waals surface area contributed by atoms with E-state index in [0.29, 0.717) is 0 Å². The van der Waals surface area contributed by atoms with E-state index in [2.05, 4.69) is 25.2 Å². The minimum atomic E-state index is -0.502. The zero-order valence-corrected chi connectivity index (χ0v) is 9.58. The molecular weight excluding hydrogens is 194 g/mol. The highest BCUT2D eigenvalue weighted by atomic mass is 32.1. The number of rotatable bonds is 2. The first-order chi connectivity index (χ1) is 6.59. The first kappa shape index (κ1) is 10.1. The van der Waals surface area contributed by atoms with E-state index in [4.69, 9.17) is 0 Å². The molecule has 0 radical (unpaired) electrons. The number of hydrogen-bond acceptors (Lipinski definition) is 3. The van der Waals surface area contributed by atoms with Gasteiger partial charge in [0.25, 0.3) is 0 Å². The van der Waals surface area contributed by atoms with Crippen LogP contribution in [0.4, 0.5) is 0 Å². The van der Waals surface area contributed by atoms with Crippen LogP contribution in [0.5, 0.6) is 0 Å². The largest absolute Gasteiger partial charge is 0.388 e. The summed E-state index contributed by atoms with van der Waals surface area (Å²) in [6, 6.07) is 2.20. The predicted octanol–water partition coefficient (Wildman–Crippen LogP) is 1.63. The van der Waals surface area contributed by atoms with Gasteiger partial charge < -0.3 is 10.4 Å². The van der Waals surface area contributed by atoms with Crippen LogP contribution < -0.4 is 5.32 Å². The van der Waals surface area contributed by atoms with Crippen molar-refractivity contribution in [1.29, 1.82) is 0 Å². The van der Waals surface area contributed by atoms with Crippen LogP contribution in [0.15, 0.2) is 6.07 Å². The van der Waals surface area contributed by atoms with Gasteiger partial charge >= 0.3 is 0 Å². The van der Waals surface area contributed by atoms with Crippen LogP contribution in [-0.4, -0.2) is 23.8 Å². The Morgan fingerprint density at radius 2 is 2.36 bits per heavy atom. The van der Waals surface area contributed by atoms with Gasteiger partial charge in [-0.05, 0) is 38.4 Å². The third-order valence-electron chi connectivity index (χ3n) is 2.88. The summed E-state index contributed by atoms with van der Waals surface area (Å²) in [6.07, 6.45) is 1.68. The highest BCUT2D eigenvalue weighted by Gasteiger charge is 2.31. The van der Waals surface area contributed by atoms with Crippen molar-refractivity contribution in [3.8, 4) is 0 Å². The maximum atomic E-state index is 10.2. The SMILES string of the molecule is Cc1cc(CC2(O)CCNC2)c(C)s1. The summed E-state index contributed by atoms with van der Waals surface area (Å²) in [6.45, 7) is 5.94. The second-order valence-electron chi connectivity index (χ2n) is 4.27. The number of thiophene rings is 1. The van der Waals surface area contributed by atoms with E-state index in [9.17, 15) is 5.11 Å². The van der Waals surface area contributed by atoms with Crippen molar-refractivity contribution in [1.82, 2.24) is 5.32 Å². The lowest BCUT2D eigenvalue weighted by molar-refractivity contribution is 0.0618. The lowest BCUT2D eigenvalue weighted by Crippen LogP contribution is -2.33. The zero-order valence-electron chi connectivity index (χ0n) is 8.76. The number of nitrogens with one attached hydrogen (secondary N) is 1. The standard InChI is InChI=1S/C11H17NOS/c1-8-5-10(9(2)14-8)6-11(13)3-4-12-7-11/h5,12-13H,3-4,6-7H2,1-2H3. The van der Waals surface area contributed by atoms with Gasteiger partial charge in [-0.25, -0.2) is 0 Å². The van der Waals surface area contributed by atoms with Crippen molar-refractivity contribution in [2.24, 2.45) is 0 Å². The van der Waals surface area contributed by atoms with E-state index in [-0.39, 0.29) is 0 Å². The minimum Gasteiger partial charge on any atom is -0.388 e. The van der Waals surface area contributed by atoms with Crippen LogP contribution in [0, 0.1) is 13.8 Å². The van der Waals surface area contributed by atoms with E-state index in [1.54, 1.807) is 0 Å². The Hall–Kier alpha value is -0.380. The van der Waals surface area contributed by atoms with E-state index in [1.165, 1.54) is 15.3 Å². The molecule has 2 rings (SSSR count). The van der Waals surface area contributed by atoms with E-state index < -0.39 is 5.60 Å². The van der Waals surface area contributed by atoms with E-state index in [0.717, 1.165) is 25.9 Å². The normalized spacial score (nSPS) is 27.1. The lowest BCUT2D eigenvalue weighted by Gasteiger charge is -2.20. The Balaban J connectivity index is 2.13. The van der Waals surface area contributed by atoms with Crippen molar-refractivity contribution >= 4 is 11.3 Å². The summed E-state index contributed by atoms with van der Waals surface area (Å²) >= 11 is 1.82. The summed E-state index contributed by atoms with van der Waals surface area (Å²) in [4.78, 5) is 2.69. The monoisotopic (exact) mass is 211 g/mol. The third kappa shape index (κ3) is 2.00. The fraction of sp³-hybridized carbons (Fsp3) is 0.636. The molecule has 1 aliphatic rings. The molecule has 0 aromatic carbocycles. The van der Waals surface area contributed by atoms with Crippen molar-refractivity contribution in [2.45, 2.75) is 32.3 Å². The highest BCUT2D eigenvalue weighted by molar-refractivity contribution is 7.12. The summed E-state index contributed by atoms with van der Waals surface area (Å²) < 4.78 is 0. The maximum Gasteiger partial charge on any atom is 0.0824 e. The Labute approximate surface area is 89.0 Å². The van der Waals surface area contributed by atoms with Gasteiger partial charge in [0.2, 0.25) is 0 Å². The molecule has 2 heterocycles. The van der Waals surface area contributed by atoms with Gasteiger partial charge in [-0.3, -0.25) is 0 Å². The van der Waals surface area contributed by atoms with Crippen LogP contribution in [0.1, 0.15) is 21.7 Å². The molecule has 1 fully saturated rings. The van der Waals surface area contributed by atoms with Gasteiger partial charge in [0.05, 0.1) is 5.60 Å². The second-order valence-corrected chi connectivity index (χ2v) is 5.73. The molecule has 1 aromatic rings. The highest BCUT2D eigenvalue weighted by Crippen LogP contribution is 2.27. The van der Waals surface area contributed by atoms with Gasteiger partial charge in [-0.1, -0.05) is 0 Å². The molecule has 1 saturated heterocycles. The van der Waals surface area contributed by atoms with Gasteiger partial charge in [-0.2, -0.15) is 0 Å². The molecule has 78 valence electrons. The van der Waals surface area contributed by atoms with Crippen LogP contribution in [0.3, 0.4) is 0 Å². The number of hydrogen-bond donors (Lipinski definition) is 2. The Morgan fingerprint density at radius 1 is 1.57 bits per heavy atom. The molecule has 2 nitrogen and oxygen atoms in total. The Bertz CT molecular complexity index is 326. The first-order valence-corrected chi connectivity index (χ1v) is 5.90. The summed E-state index contributed by atoms with van der Waals surface area (Å²) in [5.41, 5.74) is 0.817. The number of aryl methyl sites for hydroxylation is 2. The molecule has 0 spiro atoms. The third-order valence-corrected chi connectivity index (χ3v) is 3.89. The average Bonchev–Trinajstić information content (AvgIpc) is 2.61. The van der Waals surface area contributed by atoms with Crippen LogP contribution in [0.25, 0.3) is 0 Å². The van der Waals surface area contributed by atoms with Gasteiger partial charge in [0.1, 0.15) is 0 Å². The summed E-state index contributed by atoms with van der Waals surface area (Å²) in [5, 5.41) is 13.4. The summed E-state index contributed by atoms with van der Waals surface area (Å²) in [7, 11) is 0. The quantitative estimate of drug-likeness (QED) is 0.779. The van der Waals surface area contributed by atoms with Crippen LogP contribution >= 0.6 is 11.3 Å². The number of aliphatic hydroxyl groups is 1. The lowest BCUT2D eigenvalue weighted by atomic mass is 9.94. The Kier molecular flexibility index (Phi) is 2.64. The smallest absolute Gasteiger partial charge is 0.0824 e. The molecule has 3 heteroatoms. The molecule has 0 aliphatic carbocycles. The topological polar surface area (TPSA) is 32.3 Å². The van der Waals surface area contributed by atoms with E-state index >= 15 is 0 Å². The van der Waals surface area contributed by atoms with Crippen LogP contribution in [0.2, 0.25) is 0 Å². The van der Waals surface area contributed by atoms with Crippen molar-refractivity contribution in [2.75, 3.05) is 13.1 Å². The van der Waals surface area contributed by atoms with Gasteiger partial charge in [0, 0.05) is 22.7 Å². The molecule has 1 unspecified atom stereocenters. The summed E-state index contributed by atoms with van der Waals surface area (Å²) in [5.74, 6) is 0. The molecule has 14 heavy (non-hydrogen) atoms.